The molecule has 0 saturated heterocycles. The lowest BCUT2D eigenvalue weighted by Crippen LogP contribution is -2.23. The van der Waals surface area contributed by atoms with Crippen LogP contribution < -0.4 is 10.0 Å². The van der Waals surface area contributed by atoms with E-state index in [9.17, 15) is 34.4 Å². The van der Waals surface area contributed by atoms with Gasteiger partial charge in [-0.2, -0.15) is 26.8 Å². The first-order chi connectivity index (χ1) is 14.7. The fraction of sp³-hybridized carbons (Fsp3) is 0.438. The normalized spacial score (nSPS) is 12.6. The van der Waals surface area contributed by atoms with Crippen molar-refractivity contribution in [1.29, 1.82) is 0 Å². The highest BCUT2D eigenvalue weighted by Crippen LogP contribution is 2.22. The first kappa shape index (κ1) is 26.0. The van der Waals surface area contributed by atoms with Crippen molar-refractivity contribution in [3.8, 4) is 0 Å². The van der Waals surface area contributed by atoms with Crippen molar-refractivity contribution in [2.24, 2.45) is 0 Å². The number of anilines is 1. The van der Waals surface area contributed by atoms with Gasteiger partial charge in [0.15, 0.2) is 0 Å². The maximum Gasteiger partial charge on any atom is 0.294 e. The zero-order chi connectivity index (χ0) is 24.2. The fourth-order valence-electron chi connectivity index (χ4n) is 2.68. The Kier molecular flexibility index (Phi) is 8.24. The molecule has 0 amide bonds. The molecular weight excluding hydrogens is 486 g/mol. The van der Waals surface area contributed by atoms with Gasteiger partial charge >= 0.3 is 0 Å². The van der Waals surface area contributed by atoms with Gasteiger partial charge in [0.1, 0.15) is 11.6 Å². The minimum Gasteiger partial charge on any atom is -0.354 e. The van der Waals surface area contributed by atoms with Gasteiger partial charge in [-0.25, -0.2) is 18.1 Å². The summed E-state index contributed by atoms with van der Waals surface area (Å²) in [6, 6.07) is 2.61. The summed E-state index contributed by atoms with van der Waals surface area (Å²) >= 11 is 0. The second-order valence-electron chi connectivity index (χ2n) is 6.69. The van der Waals surface area contributed by atoms with Crippen LogP contribution in [0.15, 0.2) is 28.0 Å². The second kappa shape index (κ2) is 10.1. The standard InChI is InChI=1S/C16H23N5O8S3/c1-3-17-16-20-14(5-4-8-18-30(2,22)23)19-15(21-16)10-11-9-12(31(24,25)26)6-7-13(11)32(27,28)29/h6-7,9,18H,3-5,8,10H2,1-2H3,(H,24,25,26)(H,27,28,29)(H,17,19,20,21). The largest absolute Gasteiger partial charge is 0.354 e. The topological polar surface area (TPSA) is 206 Å². The molecule has 0 unspecified atom stereocenters. The van der Waals surface area contributed by atoms with Crippen molar-refractivity contribution in [1.82, 2.24) is 19.7 Å². The van der Waals surface area contributed by atoms with Gasteiger partial charge in [-0.3, -0.25) is 9.11 Å². The summed E-state index contributed by atoms with van der Waals surface area (Å²) in [5.41, 5.74) is -0.152. The third-order valence-electron chi connectivity index (χ3n) is 3.96. The number of rotatable bonds is 11. The summed E-state index contributed by atoms with van der Waals surface area (Å²) in [7, 11) is -12.7. The highest BCUT2D eigenvalue weighted by atomic mass is 32.2. The molecule has 0 fully saturated rings. The summed E-state index contributed by atoms with van der Waals surface area (Å²) < 4.78 is 89.8. The quantitative estimate of drug-likeness (QED) is 0.231. The molecule has 0 bridgehead atoms. The van der Waals surface area contributed by atoms with E-state index in [1.54, 1.807) is 6.92 Å². The number of sulfonamides is 1. The van der Waals surface area contributed by atoms with Crippen molar-refractivity contribution in [3.63, 3.8) is 0 Å². The number of hydrogen-bond donors (Lipinski definition) is 4. The van der Waals surface area contributed by atoms with Crippen LogP contribution in [0, 0.1) is 0 Å². The average molecular weight is 510 g/mol. The average Bonchev–Trinajstić information content (AvgIpc) is 2.63. The molecule has 0 aliphatic heterocycles. The third kappa shape index (κ3) is 8.03. The van der Waals surface area contributed by atoms with Crippen molar-refractivity contribution >= 4 is 36.2 Å². The van der Waals surface area contributed by atoms with Gasteiger partial charge in [0.2, 0.25) is 16.0 Å². The SMILES string of the molecule is CCNc1nc(CCCNS(C)(=O)=O)nc(Cc2cc(S(=O)(=O)O)ccc2S(=O)(=O)O)n1. The number of nitrogens with one attached hydrogen (secondary N) is 2. The number of aromatic nitrogens is 3. The van der Waals surface area contributed by atoms with E-state index in [0.717, 1.165) is 24.5 Å². The molecule has 32 heavy (non-hydrogen) atoms. The lowest BCUT2D eigenvalue weighted by atomic mass is 10.1. The van der Waals surface area contributed by atoms with Gasteiger partial charge in [0, 0.05) is 25.9 Å². The van der Waals surface area contributed by atoms with E-state index in [4.69, 9.17) is 0 Å². The van der Waals surface area contributed by atoms with E-state index in [0.29, 0.717) is 18.8 Å². The number of aryl methyl sites for hydroxylation is 1. The molecule has 2 aromatic rings. The van der Waals surface area contributed by atoms with Crippen molar-refractivity contribution in [3.05, 3.63) is 35.4 Å². The van der Waals surface area contributed by atoms with Crippen LogP contribution in [0.1, 0.15) is 30.6 Å². The number of hydrogen-bond acceptors (Lipinski definition) is 10. The Hall–Kier alpha value is -2.24. The highest BCUT2D eigenvalue weighted by molar-refractivity contribution is 7.88. The zero-order valence-electron chi connectivity index (χ0n) is 17.2. The summed E-state index contributed by atoms with van der Waals surface area (Å²) in [4.78, 5) is 11.5. The Balaban J connectivity index is 2.41. The van der Waals surface area contributed by atoms with Crippen LogP contribution in [0.3, 0.4) is 0 Å². The van der Waals surface area contributed by atoms with Crippen molar-refractivity contribution in [2.75, 3.05) is 24.7 Å². The lowest BCUT2D eigenvalue weighted by molar-refractivity contribution is 0.477. The Morgan fingerprint density at radius 2 is 1.59 bits per heavy atom. The van der Waals surface area contributed by atoms with Crippen LogP contribution in [-0.4, -0.2) is 68.7 Å². The molecule has 16 heteroatoms. The minimum atomic E-state index is -4.71. The van der Waals surface area contributed by atoms with Crippen LogP contribution in [0.2, 0.25) is 0 Å². The van der Waals surface area contributed by atoms with Crippen molar-refractivity contribution in [2.45, 2.75) is 36.0 Å². The Morgan fingerprint density at radius 1 is 0.938 bits per heavy atom. The molecule has 1 aromatic heterocycles. The van der Waals surface area contributed by atoms with Crippen LogP contribution in [-0.2, 0) is 43.1 Å². The summed E-state index contributed by atoms with van der Waals surface area (Å²) in [6.45, 7) is 2.41. The van der Waals surface area contributed by atoms with Crippen LogP contribution in [0.4, 0.5) is 5.95 Å². The van der Waals surface area contributed by atoms with E-state index in [1.807, 2.05) is 0 Å². The summed E-state index contributed by atoms with van der Waals surface area (Å²) in [6.07, 6.45) is 1.38. The van der Waals surface area contributed by atoms with E-state index in [2.05, 4.69) is 25.0 Å². The molecule has 2 rings (SSSR count). The molecule has 0 saturated carbocycles. The van der Waals surface area contributed by atoms with Gasteiger partial charge in [-0.15, -0.1) is 0 Å². The molecule has 0 aliphatic carbocycles. The van der Waals surface area contributed by atoms with Gasteiger partial charge in [-0.1, -0.05) is 0 Å². The van der Waals surface area contributed by atoms with Gasteiger partial charge in [0.25, 0.3) is 20.2 Å². The Bertz CT molecular complexity index is 1290. The number of nitrogens with zero attached hydrogens (tertiary/aromatic N) is 3. The lowest BCUT2D eigenvalue weighted by Gasteiger charge is -2.11. The second-order valence-corrected chi connectivity index (χ2v) is 11.3. The molecule has 4 N–H and O–H groups in total. The monoisotopic (exact) mass is 509 g/mol. The van der Waals surface area contributed by atoms with E-state index in [1.165, 1.54) is 0 Å². The maximum atomic E-state index is 11.7. The number of benzene rings is 1. The Morgan fingerprint density at radius 3 is 2.16 bits per heavy atom. The van der Waals surface area contributed by atoms with Gasteiger partial charge in [0.05, 0.1) is 16.0 Å². The maximum absolute atomic E-state index is 11.7. The van der Waals surface area contributed by atoms with E-state index in [-0.39, 0.29) is 36.7 Å². The van der Waals surface area contributed by atoms with Gasteiger partial charge < -0.3 is 5.32 Å². The third-order valence-corrected chi connectivity index (χ3v) is 6.49. The van der Waals surface area contributed by atoms with E-state index >= 15 is 0 Å². The van der Waals surface area contributed by atoms with Crippen molar-refractivity contribution < 1.29 is 34.4 Å². The molecule has 0 atom stereocenters. The molecule has 0 radical (unpaired) electrons. The first-order valence-corrected chi connectivity index (χ1v) is 14.0. The smallest absolute Gasteiger partial charge is 0.294 e. The minimum absolute atomic E-state index is 0.0689. The highest BCUT2D eigenvalue weighted by Gasteiger charge is 2.21. The molecule has 1 heterocycles. The molecule has 0 aliphatic rings. The molecule has 13 nitrogen and oxygen atoms in total. The summed E-state index contributed by atoms with van der Waals surface area (Å²) in [5, 5.41) is 2.89. The zero-order valence-corrected chi connectivity index (χ0v) is 19.6. The van der Waals surface area contributed by atoms with Crippen LogP contribution in [0.5, 0.6) is 0 Å². The van der Waals surface area contributed by atoms with Crippen LogP contribution >= 0.6 is 0 Å². The molecular formula is C16H23N5O8S3. The Labute approximate surface area is 186 Å². The van der Waals surface area contributed by atoms with E-state index < -0.39 is 40.1 Å². The van der Waals surface area contributed by atoms with Gasteiger partial charge in [-0.05, 0) is 37.1 Å². The summed E-state index contributed by atoms with van der Waals surface area (Å²) in [5.74, 6) is 0.544. The van der Waals surface area contributed by atoms with Crippen LogP contribution in [0.25, 0.3) is 0 Å². The first-order valence-electron chi connectivity index (χ1n) is 9.19. The predicted octanol–water partition coefficient (Wildman–Crippen LogP) is -0.131. The molecule has 1 aromatic carbocycles. The predicted molar refractivity (Wildman–Crippen MR) is 114 cm³/mol. The fourth-order valence-corrected chi connectivity index (χ4v) is 4.43. The molecule has 0 spiro atoms. The molecule has 178 valence electrons.